The first-order valence-corrected chi connectivity index (χ1v) is 8.65. The number of benzene rings is 2. The standard InChI is InChI=1S/C20H23FN2O3/c1-2-6-19(24)22-16-8-4-9-17(14-16)23-20(25)11-5-12-26-18-10-3-7-15(21)13-18/h3-4,7-10,13-14H,2,5-6,11-12H2,1H3,(H,22,24)(H,23,25). The molecular formula is C20H23FN2O3. The zero-order valence-corrected chi connectivity index (χ0v) is 14.8. The Bertz CT molecular complexity index is 749. The van der Waals surface area contributed by atoms with E-state index in [0.717, 1.165) is 6.42 Å². The topological polar surface area (TPSA) is 67.4 Å². The van der Waals surface area contributed by atoms with Crippen molar-refractivity contribution in [3.05, 3.63) is 54.3 Å². The van der Waals surface area contributed by atoms with Gasteiger partial charge in [0.1, 0.15) is 11.6 Å². The number of amides is 2. The lowest BCUT2D eigenvalue weighted by atomic mass is 10.2. The molecule has 0 aliphatic heterocycles. The van der Waals surface area contributed by atoms with Crippen molar-refractivity contribution in [2.45, 2.75) is 32.6 Å². The Labute approximate surface area is 152 Å². The van der Waals surface area contributed by atoms with E-state index in [0.29, 0.717) is 36.6 Å². The van der Waals surface area contributed by atoms with Crippen molar-refractivity contribution in [2.24, 2.45) is 0 Å². The van der Waals surface area contributed by atoms with Crippen molar-refractivity contribution in [3.8, 4) is 5.75 Å². The maximum absolute atomic E-state index is 13.0. The summed E-state index contributed by atoms with van der Waals surface area (Å²) in [7, 11) is 0. The van der Waals surface area contributed by atoms with E-state index in [1.54, 1.807) is 36.4 Å². The van der Waals surface area contributed by atoms with Gasteiger partial charge in [-0.15, -0.1) is 0 Å². The van der Waals surface area contributed by atoms with Crippen LogP contribution >= 0.6 is 0 Å². The quantitative estimate of drug-likeness (QED) is 0.655. The largest absolute Gasteiger partial charge is 0.493 e. The van der Waals surface area contributed by atoms with Crippen LogP contribution in [-0.2, 0) is 9.59 Å². The summed E-state index contributed by atoms with van der Waals surface area (Å²) in [4.78, 5) is 23.6. The summed E-state index contributed by atoms with van der Waals surface area (Å²) in [5.41, 5.74) is 1.27. The van der Waals surface area contributed by atoms with Gasteiger partial charge in [-0.2, -0.15) is 0 Å². The van der Waals surface area contributed by atoms with Gasteiger partial charge in [-0.25, -0.2) is 4.39 Å². The molecule has 5 nitrogen and oxygen atoms in total. The van der Waals surface area contributed by atoms with Crippen LogP contribution in [-0.4, -0.2) is 18.4 Å². The number of carbonyl (C=O) groups excluding carboxylic acids is 2. The third kappa shape index (κ3) is 6.93. The van der Waals surface area contributed by atoms with Crippen molar-refractivity contribution in [2.75, 3.05) is 17.2 Å². The zero-order chi connectivity index (χ0) is 18.8. The number of halogens is 1. The second-order valence-electron chi connectivity index (χ2n) is 5.84. The predicted molar refractivity (Wildman–Crippen MR) is 99.7 cm³/mol. The Morgan fingerprint density at radius 2 is 1.62 bits per heavy atom. The van der Waals surface area contributed by atoms with Gasteiger partial charge in [0.15, 0.2) is 0 Å². The highest BCUT2D eigenvalue weighted by atomic mass is 19.1. The molecule has 0 fully saturated rings. The number of nitrogens with one attached hydrogen (secondary N) is 2. The Morgan fingerprint density at radius 3 is 2.27 bits per heavy atom. The van der Waals surface area contributed by atoms with Gasteiger partial charge in [0.05, 0.1) is 6.61 Å². The molecule has 2 N–H and O–H groups in total. The first-order valence-electron chi connectivity index (χ1n) is 8.65. The Kier molecular flexibility index (Phi) is 7.61. The molecule has 0 radical (unpaired) electrons. The predicted octanol–water partition coefficient (Wildman–Crippen LogP) is 4.36. The van der Waals surface area contributed by atoms with Crippen LogP contribution in [0.4, 0.5) is 15.8 Å². The maximum Gasteiger partial charge on any atom is 0.224 e. The molecule has 0 heterocycles. The number of ether oxygens (including phenoxy) is 1. The van der Waals surface area contributed by atoms with Gasteiger partial charge in [0, 0.05) is 30.3 Å². The summed E-state index contributed by atoms with van der Waals surface area (Å²) < 4.78 is 18.4. The van der Waals surface area contributed by atoms with E-state index in [1.807, 2.05) is 6.92 Å². The molecule has 0 aliphatic rings. The van der Waals surface area contributed by atoms with Gasteiger partial charge in [-0.1, -0.05) is 19.1 Å². The summed E-state index contributed by atoms with van der Waals surface area (Å²) in [6, 6.07) is 12.9. The lowest BCUT2D eigenvalue weighted by molar-refractivity contribution is -0.117. The van der Waals surface area contributed by atoms with E-state index in [9.17, 15) is 14.0 Å². The van der Waals surface area contributed by atoms with E-state index in [-0.39, 0.29) is 24.1 Å². The van der Waals surface area contributed by atoms with E-state index in [2.05, 4.69) is 10.6 Å². The Hall–Kier alpha value is -2.89. The minimum atomic E-state index is -0.355. The van der Waals surface area contributed by atoms with Crippen LogP contribution in [0.2, 0.25) is 0 Å². The summed E-state index contributed by atoms with van der Waals surface area (Å²) in [6.45, 7) is 2.26. The smallest absolute Gasteiger partial charge is 0.224 e. The molecule has 2 rings (SSSR count). The average Bonchev–Trinajstić information content (AvgIpc) is 2.59. The fourth-order valence-electron chi connectivity index (χ4n) is 2.33. The van der Waals surface area contributed by atoms with Gasteiger partial charge in [0.2, 0.25) is 11.8 Å². The van der Waals surface area contributed by atoms with Crippen LogP contribution in [0.5, 0.6) is 5.75 Å². The van der Waals surface area contributed by atoms with Crippen molar-refractivity contribution in [1.29, 1.82) is 0 Å². The van der Waals surface area contributed by atoms with Crippen molar-refractivity contribution >= 4 is 23.2 Å². The lowest BCUT2D eigenvalue weighted by Crippen LogP contribution is -2.14. The molecule has 0 aliphatic carbocycles. The Balaban J connectivity index is 1.74. The summed E-state index contributed by atoms with van der Waals surface area (Å²) in [5.74, 6) is -0.109. The molecule has 0 aromatic heterocycles. The van der Waals surface area contributed by atoms with Gasteiger partial charge < -0.3 is 15.4 Å². The fraction of sp³-hybridized carbons (Fsp3) is 0.300. The van der Waals surface area contributed by atoms with Crippen molar-refractivity contribution < 1.29 is 18.7 Å². The lowest BCUT2D eigenvalue weighted by Gasteiger charge is -2.09. The normalized spacial score (nSPS) is 10.2. The molecular weight excluding hydrogens is 335 g/mol. The summed E-state index contributed by atoms with van der Waals surface area (Å²) in [5, 5.41) is 5.58. The molecule has 2 amide bonds. The molecule has 2 aromatic carbocycles. The average molecular weight is 358 g/mol. The van der Waals surface area contributed by atoms with E-state index in [4.69, 9.17) is 4.74 Å². The molecule has 0 saturated carbocycles. The van der Waals surface area contributed by atoms with Crippen LogP contribution in [0.25, 0.3) is 0 Å². The summed E-state index contributed by atoms with van der Waals surface area (Å²) in [6.07, 6.45) is 2.03. The second-order valence-corrected chi connectivity index (χ2v) is 5.84. The van der Waals surface area contributed by atoms with Crippen LogP contribution in [0.1, 0.15) is 32.6 Å². The number of carbonyl (C=O) groups is 2. The summed E-state index contributed by atoms with van der Waals surface area (Å²) >= 11 is 0. The number of hydrogen-bond acceptors (Lipinski definition) is 3. The minimum Gasteiger partial charge on any atom is -0.493 e. The third-order valence-electron chi connectivity index (χ3n) is 3.52. The van der Waals surface area contributed by atoms with Gasteiger partial charge in [-0.3, -0.25) is 9.59 Å². The third-order valence-corrected chi connectivity index (χ3v) is 3.52. The number of rotatable bonds is 9. The van der Waals surface area contributed by atoms with E-state index >= 15 is 0 Å². The van der Waals surface area contributed by atoms with Crippen molar-refractivity contribution in [3.63, 3.8) is 0 Å². The molecule has 0 saturated heterocycles. The SMILES string of the molecule is CCCC(=O)Nc1cccc(NC(=O)CCCOc2cccc(F)c2)c1. The first kappa shape index (κ1) is 19.4. The van der Waals surface area contributed by atoms with E-state index < -0.39 is 0 Å². The van der Waals surface area contributed by atoms with Gasteiger partial charge >= 0.3 is 0 Å². The highest BCUT2D eigenvalue weighted by Crippen LogP contribution is 2.16. The highest BCUT2D eigenvalue weighted by molar-refractivity contribution is 5.94. The number of hydrogen-bond donors (Lipinski definition) is 2. The van der Waals surface area contributed by atoms with Crippen LogP contribution in [0, 0.1) is 5.82 Å². The molecule has 26 heavy (non-hydrogen) atoms. The first-order chi connectivity index (χ1) is 12.6. The molecule has 0 bridgehead atoms. The highest BCUT2D eigenvalue weighted by Gasteiger charge is 2.05. The zero-order valence-electron chi connectivity index (χ0n) is 14.8. The molecule has 138 valence electrons. The monoisotopic (exact) mass is 358 g/mol. The van der Waals surface area contributed by atoms with Crippen LogP contribution in [0.3, 0.4) is 0 Å². The Morgan fingerprint density at radius 1 is 0.962 bits per heavy atom. The molecule has 0 atom stereocenters. The van der Waals surface area contributed by atoms with Crippen molar-refractivity contribution in [1.82, 2.24) is 0 Å². The van der Waals surface area contributed by atoms with Crippen LogP contribution < -0.4 is 15.4 Å². The molecule has 0 spiro atoms. The molecule has 0 unspecified atom stereocenters. The fourth-order valence-corrected chi connectivity index (χ4v) is 2.33. The van der Waals surface area contributed by atoms with E-state index in [1.165, 1.54) is 12.1 Å². The molecule has 6 heteroatoms. The van der Waals surface area contributed by atoms with Crippen LogP contribution in [0.15, 0.2) is 48.5 Å². The molecule has 2 aromatic rings. The minimum absolute atomic E-state index is 0.0505. The second kappa shape index (κ2) is 10.2. The number of anilines is 2. The van der Waals surface area contributed by atoms with Gasteiger partial charge in [-0.05, 0) is 43.2 Å². The maximum atomic E-state index is 13.0. The van der Waals surface area contributed by atoms with Gasteiger partial charge in [0.25, 0.3) is 0 Å².